The van der Waals surface area contributed by atoms with E-state index in [1.54, 1.807) is 18.4 Å². The van der Waals surface area contributed by atoms with Gasteiger partial charge >= 0.3 is 0 Å². The lowest BCUT2D eigenvalue weighted by Crippen LogP contribution is -2.35. The number of hydrogen-bond donors (Lipinski definition) is 1. The summed E-state index contributed by atoms with van der Waals surface area (Å²) in [5, 5.41) is 0. The van der Waals surface area contributed by atoms with E-state index in [-0.39, 0.29) is 5.91 Å². The number of carbonyl (C=O) groups is 1. The first-order chi connectivity index (χ1) is 9.31. The van der Waals surface area contributed by atoms with E-state index >= 15 is 0 Å². The van der Waals surface area contributed by atoms with Crippen molar-refractivity contribution in [2.75, 3.05) is 39.3 Å². The molecule has 1 aromatic rings. The third-order valence-electron chi connectivity index (χ3n) is 3.54. The Balaban J connectivity index is 1.81. The standard InChI is InChI=1S/C14H23N3O2/c15-6-1-2-7-16-8-4-9-17(11-10-16)14(18)13-5-3-12-19-13/h3,5,12H,1-2,4,6-11,15H2. The molecule has 0 saturated carbocycles. The molecule has 0 atom stereocenters. The van der Waals surface area contributed by atoms with Gasteiger partial charge in [-0.2, -0.15) is 0 Å². The molecule has 5 heteroatoms. The van der Waals surface area contributed by atoms with Gasteiger partial charge in [0.25, 0.3) is 5.91 Å². The predicted octanol–water partition coefficient (Wildman–Crippen LogP) is 1.17. The Kier molecular flexibility index (Phi) is 5.42. The van der Waals surface area contributed by atoms with Crippen LogP contribution < -0.4 is 5.73 Å². The van der Waals surface area contributed by atoms with Crippen LogP contribution in [0.1, 0.15) is 29.8 Å². The van der Waals surface area contributed by atoms with Crippen molar-refractivity contribution < 1.29 is 9.21 Å². The van der Waals surface area contributed by atoms with Crippen LogP contribution >= 0.6 is 0 Å². The molecule has 2 rings (SSSR count). The Morgan fingerprint density at radius 2 is 2.16 bits per heavy atom. The lowest BCUT2D eigenvalue weighted by Gasteiger charge is -2.21. The Hall–Kier alpha value is -1.33. The molecule has 0 radical (unpaired) electrons. The van der Waals surface area contributed by atoms with Crippen molar-refractivity contribution >= 4 is 5.91 Å². The van der Waals surface area contributed by atoms with Gasteiger partial charge in [0.2, 0.25) is 0 Å². The van der Waals surface area contributed by atoms with Crippen LogP contribution in [0.25, 0.3) is 0 Å². The average molecular weight is 265 g/mol. The molecule has 0 aliphatic carbocycles. The summed E-state index contributed by atoms with van der Waals surface area (Å²) in [5.74, 6) is 0.449. The molecule has 1 amide bonds. The van der Waals surface area contributed by atoms with Gasteiger partial charge in [0, 0.05) is 19.6 Å². The van der Waals surface area contributed by atoms with E-state index in [9.17, 15) is 4.79 Å². The van der Waals surface area contributed by atoms with Crippen LogP contribution in [0.4, 0.5) is 0 Å². The number of nitrogens with two attached hydrogens (primary N) is 1. The normalized spacial score (nSPS) is 17.4. The summed E-state index contributed by atoms with van der Waals surface area (Å²) < 4.78 is 5.18. The van der Waals surface area contributed by atoms with Crippen molar-refractivity contribution in [2.45, 2.75) is 19.3 Å². The van der Waals surface area contributed by atoms with Gasteiger partial charge in [0.1, 0.15) is 0 Å². The molecule has 1 aliphatic heterocycles. The quantitative estimate of drug-likeness (QED) is 0.812. The minimum absolute atomic E-state index is 0.00816. The summed E-state index contributed by atoms with van der Waals surface area (Å²) >= 11 is 0. The van der Waals surface area contributed by atoms with Gasteiger partial charge in [0.05, 0.1) is 6.26 Å². The van der Waals surface area contributed by atoms with Crippen LogP contribution in [0.15, 0.2) is 22.8 Å². The minimum atomic E-state index is 0.00816. The third-order valence-corrected chi connectivity index (χ3v) is 3.54. The minimum Gasteiger partial charge on any atom is -0.459 e. The second-order valence-corrected chi connectivity index (χ2v) is 4.96. The summed E-state index contributed by atoms with van der Waals surface area (Å²) in [6.45, 7) is 5.44. The molecule has 0 bridgehead atoms. The van der Waals surface area contributed by atoms with Crippen LogP contribution in [0.5, 0.6) is 0 Å². The molecule has 0 aromatic carbocycles. The summed E-state index contributed by atoms with van der Waals surface area (Å²) in [4.78, 5) is 16.5. The smallest absolute Gasteiger partial charge is 0.289 e. The zero-order valence-electron chi connectivity index (χ0n) is 11.4. The lowest BCUT2D eigenvalue weighted by atomic mass is 10.3. The topological polar surface area (TPSA) is 62.7 Å². The maximum Gasteiger partial charge on any atom is 0.289 e. The average Bonchev–Trinajstić information content (AvgIpc) is 2.85. The second-order valence-electron chi connectivity index (χ2n) is 4.96. The van der Waals surface area contributed by atoms with Gasteiger partial charge in [-0.3, -0.25) is 4.79 Å². The Bertz CT molecular complexity index is 378. The highest BCUT2D eigenvalue weighted by Gasteiger charge is 2.21. The van der Waals surface area contributed by atoms with Crippen molar-refractivity contribution in [3.63, 3.8) is 0 Å². The largest absolute Gasteiger partial charge is 0.459 e. The van der Waals surface area contributed by atoms with E-state index in [0.717, 1.165) is 58.5 Å². The summed E-state index contributed by atoms with van der Waals surface area (Å²) in [7, 11) is 0. The Labute approximate surface area is 114 Å². The molecule has 1 fully saturated rings. The van der Waals surface area contributed by atoms with Crippen LogP contribution in [-0.2, 0) is 0 Å². The highest BCUT2D eigenvalue weighted by molar-refractivity contribution is 5.91. The number of furan rings is 1. The second kappa shape index (κ2) is 7.31. The molecule has 2 N–H and O–H groups in total. The highest BCUT2D eigenvalue weighted by Crippen LogP contribution is 2.10. The molecule has 1 aromatic heterocycles. The van der Waals surface area contributed by atoms with Crippen molar-refractivity contribution in [1.82, 2.24) is 9.80 Å². The van der Waals surface area contributed by atoms with E-state index in [2.05, 4.69) is 4.90 Å². The van der Waals surface area contributed by atoms with E-state index in [1.807, 2.05) is 4.90 Å². The third kappa shape index (κ3) is 4.08. The number of carbonyl (C=O) groups excluding carboxylic acids is 1. The molecule has 19 heavy (non-hydrogen) atoms. The summed E-state index contributed by atoms with van der Waals surface area (Å²) in [6.07, 6.45) is 4.79. The zero-order valence-corrected chi connectivity index (χ0v) is 11.4. The maximum atomic E-state index is 12.2. The SMILES string of the molecule is NCCCCN1CCCN(C(=O)c2ccco2)CC1. The molecule has 5 nitrogen and oxygen atoms in total. The lowest BCUT2D eigenvalue weighted by molar-refractivity contribution is 0.0729. The van der Waals surface area contributed by atoms with Crippen LogP contribution in [-0.4, -0.2) is 55.0 Å². The molecular weight excluding hydrogens is 242 g/mol. The molecule has 2 heterocycles. The fourth-order valence-corrected chi connectivity index (χ4v) is 2.43. The van der Waals surface area contributed by atoms with Gasteiger partial charge in [-0.25, -0.2) is 0 Å². The van der Waals surface area contributed by atoms with Crippen molar-refractivity contribution in [3.05, 3.63) is 24.2 Å². The fraction of sp³-hybridized carbons (Fsp3) is 0.643. The van der Waals surface area contributed by atoms with Gasteiger partial charge in [-0.15, -0.1) is 0 Å². The molecule has 1 aliphatic rings. The van der Waals surface area contributed by atoms with Crippen LogP contribution in [0, 0.1) is 0 Å². The maximum absolute atomic E-state index is 12.2. The van der Waals surface area contributed by atoms with E-state index in [4.69, 9.17) is 10.2 Å². The number of rotatable bonds is 5. The van der Waals surface area contributed by atoms with Crippen molar-refractivity contribution in [2.24, 2.45) is 5.73 Å². The van der Waals surface area contributed by atoms with E-state index in [0.29, 0.717) is 5.76 Å². The molecular formula is C14H23N3O2. The molecule has 0 spiro atoms. The molecule has 1 saturated heterocycles. The first kappa shape index (κ1) is 14.1. The van der Waals surface area contributed by atoms with Gasteiger partial charge in [0.15, 0.2) is 5.76 Å². The summed E-state index contributed by atoms with van der Waals surface area (Å²) in [5.41, 5.74) is 5.51. The Morgan fingerprint density at radius 1 is 1.26 bits per heavy atom. The van der Waals surface area contributed by atoms with Gasteiger partial charge in [-0.1, -0.05) is 0 Å². The van der Waals surface area contributed by atoms with E-state index in [1.165, 1.54) is 0 Å². The van der Waals surface area contributed by atoms with Crippen molar-refractivity contribution in [3.8, 4) is 0 Å². The van der Waals surface area contributed by atoms with E-state index < -0.39 is 0 Å². The van der Waals surface area contributed by atoms with Crippen molar-refractivity contribution in [1.29, 1.82) is 0 Å². The van der Waals surface area contributed by atoms with Gasteiger partial charge in [-0.05, 0) is 51.0 Å². The number of unbranched alkanes of at least 4 members (excludes halogenated alkanes) is 1. The van der Waals surface area contributed by atoms with Crippen LogP contribution in [0.2, 0.25) is 0 Å². The van der Waals surface area contributed by atoms with Crippen LogP contribution in [0.3, 0.4) is 0 Å². The predicted molar refractivity (Wildman–Crippen MR) is 74.0 cm³/mol. The molecule has 106 valence electrons. The first-order valence-corrected chi connectivity index (χ1v) is 7.06. The zero-order chi connectivity index (χ0) is 13.5. The number of nitrogens with zero attached hydrogens (tertiary/aromatic N) is 2. The monoisotopic (exact) mass is 265 g/mol. The highest BCUT2D eigenvalue weighted by atomic mass is 16.3. The Morgan fingerprint density at radius 3 is 2.89 bits per heavy atom. The number of amides is 1. The fourth-order valence-electron chi connectivity index (χ4n) is 2.43. The molecule has 0 unspecified atom stereocenters. The number of hydrogen-bond acceptors (Lipinski definition) is 4. The summed E-state index contributed by atoms with van der Waals surface area (Å²) in [6, 6.07) is 3.48. The van der Waals surface area contributed by atoms with Gasteiger partial charge < -0.3 is 20.0 Å². The first-order valence-electron chi connectivity index (χ1n) is 7.06.